The van der Waals surface area contributed by atoms with E-state index in [1.165, 1.54) is 0 Å². The van der Waals surface area contributed by atoms with Crippen LogP contribution in [0, 0.1) is 13.8 Å². The molecule has 0 bridgehead atoms. The Kier molecular flexibility index (Phi) is 5.76. The second-order valence-electron chi connectivity index (χ2n) is 4.52. The van der Waals surface area contributed by atoms with E-state index in [2.05, 4.69) is 10.3 Å². The number of carbonyl (C=O) groups is 1. The number of aromatic nitrogens is 1. The van der Waals surface area contributed by atoms with Crippen LogP contribution < -0.4 is 16.0 Å². The maximum atomic E-state index is 11.8. The summed E-state index contributed by atoms with van der Waals surface area (Å²) in [5, 5.41) is 2.82. The molecule has 0 spiro atoms. The molecule has 1 heterocycles. The van der Waals surface area contributed by atoms with Gasteiger partial charge in [0.25, 0.3) is 0 Å². The van der Waals surface area contributed by atoms with E-state index in [9.17, 15) is 4.79 Å². The molecule has 5 heteroatoms. The molecule has 1 aromatic heterocycles. The topological polar surface area (TPSA) is 71.2 Å². The molecule has 0 aliphatic rings. The van der Waals surface area contributed by atoms with E-state index >= 15 is 0 Å². The van der Waals surface area contributed by atoms with Crippen LogP contribution in [0.4, 0.5) is 5.69 Å². The molecule has 3 N–H and O–H groups in total. The molecule has 0 aliphatic carbocycles. The molecule has 19 heavy (non-hydrogen) atoms. The summed E-state index contributed by atoms with van der Waals surface area (Å²) in [4.78, 5) is 18.2. The zero-order valence-corrected chi connectivity index (χ0v) is 12.3. The van der Waals surface area contributed by atoms with Crippen LogP contribution in [0.1, 0.15) is 30.8 Å². The summed E-state index contributed by atoms with van der Waals surface area (Å²) in [5.74, 6) is 0.0273. The predicted molar refractivity (Wildman–Crippen MR) is 78.2 cm³/mol. The Morgan fingerprint density at radius 3 is 2.63 bits per heavy atom. The van der Waals surface area contributed by atoms with Gasteiger partial charge in [0.15, 0.2) is 0 Å². The lowest BCUT2D eigenvalue weighted by molar-refractivity contribution is -0.119. The average Bonchev–Trinajstić information content (AvgIpc) is 2.35. The molecule has 0 aliphatic heterocycles. The second-order valence-corrected chi connectivity index (χ2v) is 4.52. The van der Waals surface area contributed by atoms with Crippen molar-refractivity contribution in [2.75, 3.05) is 24.5 Å². The minimum atomic E-state index is 0.0273. The van der Waals surface area contributed by atoms with Crippen LogP contribution in [0.2, 0.25) is 0 Å². The van der Waals surface area contributed by atoms with Gasteiger partial charge in [-0.2, -0.15) is 0 Å². The zero-order chi connectivity index (χ0) is 14.4. The van der Waals surface area contributed by atoms with Crippen LogP contribution in [0.5, 0.6) is 0 Å². The number of pyridine rings is 1. The van der Waals surface area contributed by atoms with Gasteiger partial charge in [-0.15, -0.1) is 0 Å². The van der Waals surface area contributed by atoms with Gasteiger partial charge in [-0.05, 0) is 33.8 Å². The molecular weight excluding hydrogens is 240 g/mol. The monoisotopic (exact) mass is 264 g/mol. The molecular formula is C14H24N4O. The molecule has 0 saturated carbocycles. The number of nitrogens with two attached hydrogens (primary N) is 1. The summed E-state index contributed by atoms with van der Waals surface area (Å²) in [6.45, 7) is 10.0. The molecule has 0 atom stereocenters. The number of aryl methyl sites for hydroxylation is 2. The first-order valence-corrected chi connectivity index (χ1v) is 6.72. The maximum Gasteiger partial charge on any atom is 0.239 e. The number of likely N-dealkylation sites (N-methyl/N-ethyl adjacent to an activating group) is 2. The van der Waals surface area contributed by atoms with Gasteiger partial charge >= 0.3 is 0 Å². The van der Waals surface area contributed by atoms with Gasteiger partial charge in [-0.1, -0.05) is 0 Å². The van der Waals surface area contributed by atoms with E-state index in [1.54, 1.807) is 0 Å². The average molecular weight is 264 g/mol. The van der Waals surface area contributed by atoms with Crippen LogP contribution in [-0.2, 0) is 11.3 Å². The third-order valence-corrected chi connectivity index (χ3v) is 3.07. The van der Waals surface area contributed by atoms with Crippen LogP contribution in [-0.4, -0.2) is 30.5 Å². The van der Waals surface area contributed by atoms with E-state index in [-0.39, 0.29) is 5.91 Å². The van der Waals surface area contributed by atoms with Crippen molar-refractivity contribution >= 4 is 11.6 Å². The molecule has 5 nitrogen and oxygen atoms in total. The molecule has 106 valence electrons. The minimum absolute atomic E-state index is 0.0273. The maximum absolute atomic E-state index is 11.8. The quantitative estimate of drug-likeness (QED) is 0.807. The van der Waals surface area contributed by atoms with Gasteiger partial charge in [0.1, 0.15) is 0 Å². The molecule has 0 saturated heterocycles. The van der Waals surface area contributed by atoms with E-state index in [1.807, 2.05) is 38.7 Å². The first-order valence-electron chi connectivity index (χ1n) is 6.72. The third kappa shape index (κ3) is 3.92. The van der Waals surface area contributed by atoms with Crippen molar-refractivity contribution in [2.45, 2.75) is 34.2 Å². The number of anilines is 1. The van der Waals surface area contributed by atoms with Crippen molar-refractivity contribution in [1.82, 2.24) is 10.3 Å². The second kappa shape index (κ2) is 7.09. The van der Waals surface area contributed by atoms with Crippen LogP contribution in [0.3, 0.4) is 0 Å². The fourth-order valence-electron chi connectivity index (χ4n) is 2.16. The van der Waals surface area contributed by atoms with Gasteiger partial charge in [0, 0.05) is 42.3 Å². The van der Waals surface area contributed by atoms with E-state index in [0.717, 1.165) is 29.2 Å². The summed E-state index contributed by atoms with van der Waals surface area (Å²) in [7, 11) is 0. The lowest BCUT2D eigenvalue weighted by Crippen LogP contribution is -2.37. The van der Waals surface area contributed by atoms with Crippen LogP contribution in [0.15, 0.2) is 6.07 Å². The Labute approximate surface area is 115 Å². The first kappa shape index (κ1) is 15.4. The van der Waals surface area contributed by atoms with Crippen molar-refractivity contribution < 1.29 is 4.79 Å². The highest BCUT2D eigenvalue weighted by atomic mass is 16.2. The molecule has 0 aromatic carbocycles. The standard InChI is InChI=1S/C14H24N4O/c1-5-16-14(19)9-18(6-2)13-7-10(3)17-11(4)12(13)8-15/h7H,5-6,8-9,15H2,1-4H3,(H,16,19). The molecule has 1 amide bonds. The van der Waals surface area contributed by atoms with Gasteiger partial charge in [0.2, 0.25) is 5.91 Å². The Balaban J connectivity index is 3.06. The Hall–Kier alpha value is -1.62. The highest BCUT2D eigenvalue weighted by molar-refractivity contribution is 5.81. The largest absolute Gasteiger partial charge is 0.362 e. The number of amides is 1. The van der Waals surface area contributed by atoms with Crippen molar-refractivity contribution in [3.63, 3.8) is 0 Å². The fourth-order valence-corrected chi connectivity index (χ4v) is 2.16. The fraction of sp³-hybridized carbons (Fsp3) is 0.571. The summed E-state index contributed by atoms with van der Waals surface area (Å²) < 4.78 is 0. The lowest BCUT2D eigenvalue weighted by atomic mass is 10.1. The summed E-state index contributed by atoms with van der Waals surface area (Å²) in [5.41, 5.74) is 9.72. The number of hydrogen-bond acceptors (Lipinski definition) is 4. The van der Waals surface area contributed by atoms with E-state index in [0.29, 0.717) is 19.6 Å². The number of carbonyl (C=O) groups excluding carboxylic acids is 1. The van der Waals surface area contributed by atoms with E-state index < -0.39 is 0 Å². The van der Waals surface area contributed by atoms with Crippen molar-refractivity contribution in [3.8, 4) is 0 Å². The SMILES string of the molecule is CCNC(=O)CN(CC)c1cc(C)nc(C)c1CN. The van der Waals surface area contributed by atoms with Crippen LogP contribution >= 0.6 is 0 Å². The Bertz CT molecular complexity index is 445. The zero-order valence-electron chi connectivity index (χ0n) is 12.3. The van der Waals surface area contributed by atoms with Crippen molar-refractivity contribution in [2.24, 2.45) is 5.73 Å². The molecule has 1 aromatic rings. The lowest BCUT2D eigenvalue weighted by Gasteiger charge is -2.26. The number of nitrogens with one attached hydrogen (secondary N) is 1. The third-order valence-electron chi connectivity index (χ3n) is 3.07. The normalized spacial score (nSPS) is 10.4. The Morgan fingerprint density at radius 2 is 2.11 bits per heavy atom. The summed E-state index contributed by atoms with van der Waals surface area (Å²) in [6.07, 6.45) is 0. The number of nitrogens with zero attached hydrogens (tertiary/aromatic N) is 2. The minimum Gasteiger partial charge on any atom is -0.362 e. The predicted octanol–water partition coefficient (Wildman–Crippen LogP) is 1.12. The van der Waals surface area contributed by atoms with Crippen LogP contribution in [0.25, 0.3) is 0 Å². The molecule has 0 radical (unpaired) electrons. The smallest absolute Gasteiger partial charge is 0.239 e. The molecule has 1 rings (SSSR count). The summed E-state index contributed by atoms with van der Waals surface area (Å²) >= 11 is 0. The van der Waals surface area contributed by atoms with Gasteiger partial charge < -0.3 is 16.0 Å². The van der Waals surface area contributed by atoms with E-state index in [4.69, 9.17) is 5.73 Å². The van der Waals surface area contributed by atoms with Gasteiger partial charge in [-0.25, -0.2) is 0 Å². The highest BCUT2D eigenvalue weighted by Gasteiger charge is 2.15. The summed E-state index contributed by atoms with van der Waals surface area (Å²) in [6, 6.07) is 2.00. The number of hydrogen-bond donors (Lipinski definition) is 2. The van der Waals surface area contributed by atoms with Gasteiger partial charge in [-0.3, -0.25) is 9.78 Å². The number of rotatable bonds is 6. The van der Waals surface area contributed by atoms with Gasteiger partial charge in [0.05, 0.1) is 6.54 Å². The molecule has 0 unspecified atom stereocenters. The first-order chi connectivity index (χ1) is 9.03. The van der Waals surface area contributed by atoms with Crippen molar-refractivity contribution in [3.05, 3.63) is 23.0 Å². The van der Waals surface area contributed by atoms with Crippen molar-refractivity contribution in [1.29, 1.82) is 0 Å². The molecule has 0 fully saturated rings. The highest BCUT2D eigenvalue weighted by Crippen LogP contribution is 2.23. The Morgan fingerprint density at radius 1 is 1.42 bits per heavy atom.